The molecule has 0 saturated heterocycles. The highest BCUT2D eigenvalue weighted by atomic mass is 32.2. The Morgan fingerprint density at radius 3 is 2.78 bits per heavy atom. The van der Waals surface area contributed by atoms with Gasteiger partial charge in [0.2, 0.25) is 10.0 Å². The van der Waals surface area contributed by atoms with Gasteiger partial charge in [-0.1, -0.05) is 5.16 Å². The third-order valence-electron chi connectivity index (χ3n) is 4.74. The van der Waals surface area contributed by atoms with Gasteiger partial charge in [-0.25, -0.2) is 8.42 Å². The SMILES string of the molecule is COCC1(S(=O)(=O)Nc2noc3cc(Cn4cccn4)cc(OC)c23)CC1. The lowest BCUT2D eigenvalue weighted by Gasteiger charge is -2.15. The predicted octanol–water partition coefficient (Wildman–Crippen LogP) is 2.00. The molecule has 0 radical (unpaired) electrons. The molecule has 0 spiro atoms. The average molecular weight is 392 g/mol. The summed E-state index contributed by atoms with van der Waals surface area (Å²) in [5.41, 5.74) is 1.33. The van der Waals surface area contributed by atoms with Gasteiger partial charge in [-0.05, 0) is 36.6 Å². The van der Waals surface area contributed by atoms with Crippen molar-refractivity contribution < 1.29 is 22.4 Å². The van der Waals surface area contributed by atoms with Gasteiger partial charge in [0.15, 0.2) is 11.4 Å². The van der Waals surface area contributed by atoms with E-state index < -0.39 is 14.8 Å². The van der Waals surface area contributed by atoms with Crippen molar-refractivity contribution in [3.05, 3.63) is 36.2 Å². The number of ether oxygens (including phenoxy) is 2. The molecule has 0 unspecified atom stereocenters. The lowest BCUT2D eigenvalue weighted by atomic mass is 10.1. The number of anilines is 1. The number of nitrogens with zero attached hydrogens (tertiary/aromatic N) is 3. The molecular weight excluding hydrogens is 372 g/mol. The van der Waals surface area contributed by atoms with E-state index in [0.29, 0.717) is 36.1 Å². The molecule has 3 aromatic rings. The van der Waals surface area contributed by atoms with Crippen molar-refractivity contribution in [3.63, 3.8) is 0 Å². The van der Waals surface area contributed by atoms with E-state index in [1.54, 1.807) is 16.9 Å². The van der Waals surface area contributed by atoms with E-state index >= 15 is 0 Å². The van der Waals surface area contributed by atoms with Crippen LogP contribution in [0.3, 0.4) is 0 Å². The molecule has 2 aromatic heterocycles. The molecule has 0 bridgehead atoms. The van der Waals surface area contributed by atoms with Gasteiger partial charge in [0.1, 0.15) is 15.9 Å². The summed E-state index contributed by atoms with van der Waals surface area (Å²) in [5.74, 6) is 0.597. The number of methoxy groups -OCH3 is 2. The van der Waals surface area contributed by atoms with Gasteiger partial charge in [-0.15, -0.1) is 0 Å². The molecule has 144 valence electrons. The fourth-order valence-corrected chi connectivity index (χ4v) is 4.64. The monoisotopic (exact) mass is 392 g/mol. The molecule has 1 aromatic carbocycles. The number of hydrogen-bond acceptors (Lipinski definition) is 7. The third kappa shape index (κ3) is 3.15. The van der Waals surface area contributed by atoms with E-state index in [1.807, 2.05) is 18.3 Å². The van der Waals surface area contributed by atoms with Crippen LogP contribution in [-0.2, 0) is 21.3 Å². The molecular formula is C17H20N4O5S. The topological polar surface area (TPSA) is 108 Å². The summed E-state index contributed by atoms with van der Waals surface area (Å²) < 4.78 is 44.9. The van der Waals surface area contributed by atoms with E-state index in [9.17, 15) is 8.42 Å². The highest BCUT2D eigenvalue weighted by Gasteiger charge is 2.55. The van der Waals surface area contributed by atoms with Gasteiger partial charge in [0.05, 0.1) is 20.3 Å². The number of rotatable bonds is 8. The number of benzene rings is 1. The van der Waals surface area contributed by atoms with Crippen LogP contribution in [0.4, 0.5) is 5.82 Å². The molecule has 9 nitrogen and oxygen atoms in total. The second kappa shape index (κ2) is 6.54. The number of nitrogens with one attached hydrogen (secondary N) is 1. The van der Waals surface area contributed by atoms with Gasteiger partial charge < -0.3 is 14.0 Å². The summed E-state index contributed by atoms with van der Waals surface area (Å²) in [4.78, 5) is 0. The van der Waals surface area contributed by atoms with Crippen molar-refractivity contribution in [3.8, 4) is 5.75 Å². The zero-order valence-electron chi connectivity index (χ0n) is 15.0. The van der Waals surface area contributed by atoms with Crippen molar-refractivity contribution in [2.45, 2.75) is 24.1 Å². The predicted molar refractivity (Wildman–Crippen MR) is 98.3 cm³/mol. The number of aromatic nitrogens is 3. The number of fused-ring (bicyclic) bond motifs is 1. The lowest BCUT2D eigenvalue weighted by molar-refractivity contribution is 0.192. The maximum Gasteiger partial charge on any atom is 0.242 e. The van der Waals surface area contributed by atoms with E-state index in [1.165, 1.54) is 14.2 Å². The van der Waals surface area contributed by atoms with E-state index in [0.717, 1.165) is 5.56 Å². The van der Waals surface area contributed by atoms with Gasteiger partial charge >= 0.3 is 0 Å². The van der Waals surface area contributed by atoms with Crippen LogP contribution in [0, 0.1) is 0 Å². The molecule has 27 heavy (non-hydrogen) atoms. The standard InChI is InChI=1S/C17H20N4O5S/c1-24-11-17(4-5-17)27(22,23)20-16-15-13(25-2)8-12(9-14(15)26-19-16)10-21-7-3-6-18-21/h3,6-9H,4-5,10-11H2,1-2H3,(H,19,20). The Morgan fingerprint density at radius 1 is 1.33 bits per heavy atom. The molecule has 0 atom stereocenters. The zero-order chi connectivity index (χ0) is 19.1. The minimum absolute atomic E-state index is 0.120. The Labute approximate surface area is 156 Å². The van der Waals surface area contributed by atoms with Gasteiger partial charge in [-0.3, -0.25) is 9.40 Å². The molecule has 1 aliphatic rings. The van der Waals surface area contributed by atoms with E-state index in [2.05, 4.69) is 15.0 Å². The molecule has 1 saturated carbocycles. The number of sulfonamides is 1. The fourth-order valence-electron chi connectivity index (χ4n) is 3.12. The molecule has 1 N–H and O–H groups in total. The van der Waals surface area contributed by atoms with Crippen LogP contribution in [0.2, 0.25) is 0 Å². The summed E-state index contributed by atoms with van der Waals surface area (Å²) in [6.07, 6.45) is 4.65. The van der Waals surface area contributed by atoms with Gasteiger partial charge in [0.25, 0.3) is 0 Å². The maximum absolute atomic E-state index is 12.8. The van der Waals surface area contributed by atoms with Crippen LogP contribution >= 0.6 is 0 Å². The van der Waals surface area contributed by atoms with Crippen LogP contribution in [0.25, 0.3) is 11.0 Å². The second-order valence-corrected chi connectivity index (χ2v) is 8.70. The van der Waals surface area contributed by atoms with Crippen LogP contribution in [0.1, 0.15) is 18.4 Å². The minimum atomic E-state index is -3.67. The van der Waals surface area contributed by atoms with E-state index in [-0.39, 0.29) is 12.4 Å². The number of hydrogen-bond donors (Lipinski definition) is 1. The highest BCUT2D eigenvalue weighted by molar-refractivity contribution is 7.94. The first-order valence-corrected chi connectivity index (χ1v) is 9.91. The molecule has 0 aliphatic heterocycles. The first kappa shape index (κ1) is 17.8. The Morgan fingerprint density at radius 2 is 2.15 bits per heavy atom. The molecule has 4 rings (SSSR count). The van der Waals surface area contributed by atoms with Crippen molar-refractivity contribution in [2.75, 3.05) is 25.5 Å². The van der Waals surface area contributed by atoms with E-state index in [4.69, 9.17) is 14.0 Å². The Kier molecular flexibility index (Phi) is 4.31. The molecule has 0 amide bonds. The first-order valence-electron chi connectivity index (χ1n) is 8.43. The summed E-state index contributed by atoms with van der Waals surface area (Å²) in [6, 6.07) is 5.46. The van der Waals surface area contributed by atoms with Crippen molar-refractivity contribution in [1.29, 1.82) is 0 Å². The molecule has 10 heteroatoms. The largest absolute Gasteiger partial charge is 0.496 e. The second-order valence-electron chi connectivity index (χ2n) is 6.63. The zero-order valence-corrected chi connectivity index (χ0v) is 15.8. The normalized spacial score (nSPS) is 15.8. The Balaban J connectivity index is 1.69. The molecule has 2 heterocycles. The van der Waals surface area contributed by atoms with Gasteiger partial charge in [0, 0.05) is 19.5 Å². The summed E-state index contributed by atoms with van der Waals surface area (Å²) >= 11 is 0. The quantitative estimate of drug-likeness (QED) is 0.624. The lowest BCUT2D eigenvalue weighted by Crippen LogP contribution is -2.33. The highest BCUT2D eigenvalue weighted by Crippen LogP contribution is 2.45. The summed E-state index contributed by atoms with van der Waals surface area (Å²) in [7, 11) is -0.658. The van der Waals surface area contributed by atoms with Crippen LogP contribution in [-0.4, -0.2) is 48.9 Å². The van der Waals surface area contributed by atoms with Crippen LogP contribution < -0.4 is 9.46 Å². The fraction of sp³-hybridized carbons (Fsp3) is 0.412. The van der Waals surface area contributed by atoms with Crippen LogP contribution in [0.5, 0.6) is 5.75 Å². The molecule has 1 fully saturated rings. The summed E-state index contributed by atoms with van der Waals surface area (Å²) in [6.45, 7) is 0.668. The summed E-state index contributed by atoms with van der Waals surface area (Å²) in [5, 5.41) is 8.58. The maximum atomic E-state index is 12.8. The van der Waals surface area contributed by atoms with Gasteiger partial charge in [-0.2, -0.15) is 5.10 Å². The molecule has 1 aliphatic carbocycles. The van der Waals surface area contributed by atoms with Crippen molar-refractivity contribution >= 4 is 26.8 Å². The van der Waals surface area contributed by atoms with Crippen molar-refractivity contribution in [1.82, 2.24) is 14.9 Å². The minimum Gasteiger partial charge on any atom is -0.496 e. The Hall–Kier alpha value is -2.59. The van der Waals surface area contributed by atoms with Crippen molar-refractivity contribution in [2.24, 2.45) is 0 Å². The third-order valence-corrected chi connectivity index (χ3v) is 6.87. The Bertz CT molecular complexity index is 1050. The first-order chi connectivity index (χ1) is 13.0. The average Bonchev–Trinajstić information content (AvgIpc) is 3.08. The van der Waals surface area contributed by atoms with Crippen LogP contribution in [0.15, 0.2) is 35.1 Å². The smallest absolute Gasteiger partial charge is 0.242 e.